The van der Waals surface area contributed by atoms with Crippen molar-refractivity contribution in [3.63, 3.8) is 0 Å². The van der Waals surface area contributed by atoms with E-state index >= 15 is 0 Å². The molecule has 0 spiro atoms. The number of rotatable bonds is 5. The lowest BCUT2D eigenvalue weighted by atomic mass is 10.0. The smallest absolute Gasteiger partial charge is 0.305 e. The molecule has 1 aromatic carbocycles. The minimum Gasteiger partial charge on any atom is -0.469 e. The average Bonchev–Trinajstić information content (AvgIpc) is 3.20. The Morgan fingerprint density at radius 3 is 2.82 bits per heavy atom. The predicted molar refractivity (Wildman–Crippen MR) is 79.5 cm³/mol. The quantitative estimate of drug-likeness (QED) is 0.529. The van der Waals surface area contributed by atoms with Crippen molar-refractivity contribution in [1.82, 2.24) is 0 Å². The molecule has 112 valence electrons. The fourth-order valence-electron chi connectivity index (χ4n) is 2.31. The number of esters is 1. The summed E-state index contributed by atoms with van der Waals surface area (Å²) in [6.45, 7) is 0. The van der Waals surface area contributed by atoms with Crippen LogP contribution in [0.5, 0.6) is 0 Å². The molecule has 0 amide bonds. The molecule has 3 rings (SSSR count). The second-order valence-electron chi connectivity index (χ2n) is 4.84. The van der Waals surface area contributed by atoms with E-state index in [0.29, 0.717) is 0 Å². The van der Waals surface area contributed by atoms with E-state index in [4.69, 9.17) is 8.83 Å². The lowest BCUT2D eigenvalue weighted by Gasteiger charge is -1.98. The fourth-order valence-corrected chi connectivity index (χ4v) is 2.31. The Morgan fingerprint density at radius 2 is 2.00 bits per heavy atom. The molecule has 0 unspecified atom stereocenters. The molecule has 0 atom stereocenters. The van der Waals surface area contributed by atoms with Gasteiger partial charge >= 0.3 is 5.97 Å². The van der Waals surface area contributed by atoms with Gasteiger partial charge in [-0.1, -0.05) is 12.1 Å². The number of benzene rings is 1. The first-order valence-corrected chi connectivity index (χ1v) is 6.84. The largest absolute Gasteiger partial charge is 0.469 e. The highest BCUT2D eigenvalue weighted by Gasteiger charge is 2.15. The van der Waals surface area contributed by atoms with Crippen molar-refractivity contribution in [1.29, 1.82) is 0 Å². The van der Waals surface area contributed by atoms with Crippen LogP contribution in [0.25, 0.3) is 22.1 Å². The van der Waals surface area contributed by atoms with E-state index in [2.05, 4.69) is 4.74 Å². The minimum atomic E-state index is -0.414. The molecule has 0 N–H and O–H groups in total. The van der Waals surface area contributed by atoms with Crippen LogP contribution in [-0.4, -0.2) is 18.9 Å². The first kappa shape index (κ1) is 14.1. The van der Waals surface area contributed by atoms with Crippen molar-refractivity contribution in [3.8, 4) is 11.1 Å². The molecule has 0 fully saturated rings. The molecular weight excluding hydrogens is 284 g/mol. The van der Waals surface area contributed by atoms with Crippen LogP contribution >= 0.6 is 0 Å². The van der Waals surface area contributed by atoms with E-state index in [9.17, 15) is 9.59 Å². The average molecular weight is 298 g/mol. The summed E-state index contributed by atoms with van der Waals surface area (Å²) in [6, 6.07) is 9.25. The van der Waals surface area contributed by atoms with Gasteiger partial charge in [-0.25, -0.2) is 0 Å². The van der Waals surface area contributed by atoms with Crippen LogP contribution in [0, 0.1) is 0 Å². The van der Waals surface area contributed by atoms with E-state index in [1.165, 1.54) is 13.4 Å². The monoisotopic (exact) mass is 298 g/mol. The summed E-state index contributed by atoms with van der Waals surface area (Å²) in [5.74, 6) is -0.404. The van der Waals surface area contributed by atoms with Gasteiger partial charge in [-0.3, -0.25) is 9.59 Å². The first-order chi connectivity index (χ1) is 10.7. The van der Waals surface area contributed by atoms with Crippen LogP contribution in [0.1, 0.15) is 23.4 Å². The van der Waals surface area contributed by atoms with Gasteiger partial charge in [0.25, 0.3) is 0 Å². The zero-order chi connectivity index (χ0) is 15.5. The van der Waals surface area contributed by atoms with E-state index in [1.807, 2.05) is 24.3 Å². The molecular formula is C17H14O5. The second kappa shape index (κ2) is 5.89. The van der Waals surface area contributed by atoms with Gasteiger partial charge in [0, 0.05) is 17.4 Å². The van der Waals surface area contributed by atoms with Gasteiger partial charge in [-0.05, 0) is 23.8 Å². The maximum atomic E-state index is 12.0. The molecule has 0 radical (unpaired) electrons. The summed E-state index contributed by atoms with van der Waals surface area (Å²) in [5, 5.41) is 0.955. The van der Waals surface area contributed by atoms with Crippen molar-refractivity contribution < 1.29 is 23.2 Å². The highest BCUT2D eigenvalue weighted by atomic mass is 16.5. The number of ether oxygens (including phenoxy) is 1. The summed E-state index contributed by atoms with van der Waals surface area (Å²) in [5.41, 5.74) is 2.51. The molecule has 0 aliphatic carbocycles. The summed E-state index contributed by atoms with van der Waals surface area (Å²) in [7, 11) is 1.30. The van der Waals surface area contributed by atoms with Crippen LogP contribution in [-0.2, 0) is 9.53 Å². The first-order valence-electron chi connectivity index (χ1n) is 6.84. The lowest BCUT2D eigenvalue weighted by Crippen LogP contribution is -2.05. The Hall–Kier alpha value is -2.82. The zero-order valence-corrected chi connectivity index (χ0v) is 12.0. The second-order valence-corrected chi connectivity index (χ2v) is 4.84. The summed E-state index contributed by atoms with van der Waals surface area (Å²) >= 11 is 0. The third-order valence-corrected chi connectivity index (χ3v) is 3.46. The standard InChI is InChI=1S/C17H14O5/c1-20-17(19)6-5-14(18)16-9-11(10-22-16)12-3-2-4-15-13(12)7-8-21-15/h2-4,7-10H,5-6H2,1H3. The molecule has 0 aliphatic heterocycles. The van der Waals surface area contributed by atoms with E-state index in [-0.39, 0.29) is 24.4 Å². The van der Waals surface area contributed by atoms with Crippen LogP contribution in [0.15, 0.2) is 51.7 Å². The Balaban J connectivity index is 1.83. The van der Waals surface area contributed by atoms with Gasteiger partial charge in [-0.15, -0.1) is 0 Å². The summed E-state index contributed by atoms with van der Waals surface area (Å²) < 4.78 is 15.2. The Bertz CT molecular complexity index is 824. The molecule has 2 aromatic heterocycles. The number of methoxy groups -OCH3 is 1. The van der Waals surface area contributed by atoms with Crippen molar-refractivity contribution in [3.05, 3.63) is 48.6 Å². The van der Waals surface area contributed by atoms with Gasteiger partial charge in [0.1, 0.15) is 5.58 Å². The SMILES string of the molecule is COC(=O)CCC(=O)c1cc(-c2cccc3occc23)co1. The van der Waals surface area contributed by atoms with E-state index in [0.717, 1.165) is 22.1 Å². The van der Waals surface area contributed by atoms with Gasteiger partial charge < -0.3 is 13.6 Å². The lowest BCUT2D eigenvalue weighted by molar-refractivity contribution is -0.140. The Labute approximate surface area is 126 Å². The predicted octanol–water partition coefficient (Wildman–Crippen LogP) is 3.83. The van der Waals surface area contributed by atoms with Crippen molar-refractivity contribution in [2.24, 2.45) is 0 Å². The Kier molecular flexibility index (Phi) is 3.78. The molecule has 0 bridgehead atoms. The fraction of sp³-hybridized carbons (Fsp3) is 0.176. The normalized spacial score (nSPS) is 10.8. The number of furan rings is 2. The zero-order valence-electron chi connectivity index (χ0n) is 12.0. The van der Waals surface area contributed by atoms with Crippen molar-refractivity contribution in [2.45, 2.75) is 12.8 Å². The van der Waals surface area contributed by atoms with Crippen LogP contribution < -0.4 is 0 Å². The third kappa shape index (κ3) is 2.65. The van der Waals surface area contributed by atoms with E-state index in [1.54, 1.807) is 12.3 Å². The maximum Gasteiger partial charge on any atom is 0.305 e. The molecule has 5 nitrogen and oxygen atoms in total. The number of carbonyl (C=O) groups is 2. The van der Waals surface area contributed by atoms with E-state index < -0.39 is 5.97 Å². The molecule has 0 saturated heterocycles. The highest BCUT2D eigenvalue weighted by Crippen LogP contribution is 2.30. The number of carbonyl (C=O) groups excluding carboxylic acids is 2. The molecule has 2 heterocycles. The van der Waals surface area contributed by atoms with Gasteiger partial charge in [0.2, 0.25) is 0 Å². The van der Waals surface area contributed by atoms with Crippen molar-refractivity contribution in [2.75, 3.05) is 7.11 Å². The van der Waals surface area contributed by atoms with Crippen LogP contribution in [0.2, 0.25) is 0 Å². The maximum absolute atomic E-state index is 12.0. The third-order valence-electron chi connectivity index (χ3n) is 3.46. The minimum absolute atomic E-state index is 0.0443. The number of ketones is 1. The van der Waals surface area contributed by atoms with Gasteiger partial charge in [-0.2, -0.15) is 0 Å². The molecule has 5 heteroatoms. The van der Waals surface area contributed by atoms with Crippen LogP contribution in [0.3, 0.4) is 0 Å². The highest BCUT2D eigenvalue weighted by molar-refractivity contribution is 5.98. The van der Waals surface area contributed by atoms with Gasteiger partial charge in [0.05, 0.1) is 26.1 Å². The van der Waals surface area contributed by atoms with Gasteiger partial charge in [0.15, 0.2) is 11.5 Å². The Morgan fingerprint density at radius 1 is 1.14 bits per heavy atom. The molecule has 22 heavy (non-hydrogen) atoms. The number of hydrogen-bond donors (Lipinski definition) is 0. The summed E-state index contributed by atoms with van der Waals surface area (Å²) in [4.78, 5) is 23.1. The van der Waals surface area contributed by atoms with Crippen molar-refractivity contribution >= 4 is 22.7 Å². The number of Topliss-reactive ketones (excluding diaryl/α,β-unsaturated/α-hetero) is 1. The topological polar surface area (TPSA) is 69.7 Å². The molecule has 3 aromatic rings. The number of hydrogen-bond acceptors (Lipinski definition) is 5. The van der Waals surface area contributed by atoms with Crippen LogP contribution in [0.4, 0.5) is 0 Å². The number of fused-ring (bicyclic) bond motifs is 1. The molecule has 0 aliphatic rings. The molecule has 0 saturated carbocycles. The summed E-state index contributed by atoms with van der Waals surface area (Å²) in [6.07, 6.45) is 3.27.